The summed E-state index contributed by atoms with van der Waals surface area (Å²) < 4.78 is 5.20. The first-order chi connectivity index (χ1) is 17.0. The lowest BCUT2D eigenvalue weighted by atomic mass is 10.2. The average Bonchev–Trinajstić information content (AvgIpc) is 3.26. The highest BCUT2D eigenvalue weighted by atomic mass is 35.5. The summed E-state index contributed by atoms with van der Waals surface area (Å²) in [5.41, 5.74) is 1.08. The van der Waals surface area contributed by atoms with Gasteiger partial charge in [0, 0.05) is 31.7 Å². The maximum atomic E-state index is 13.0. The number of nitrogens with zero attached hydrogens (tertiary/aromatic N) is 5. The predicted octanol–water partition coefficient (Wildman–Crippen LogP) is 1.40. The molecule has 35 heavy (non-hydrogen) atoms. The van der Waals surface area contributed by atoms with Crippen LogP contribution in [0.2, 0.25) is 5.02 Å². The first kappa shape index (κ1) is 24.6. The Morgan fingerprint density at radius 2 is 2.06 bits per heavy atom. The van der Waals surface area contributed by atoms with Crippen molar-refractivity contribution in [3.8, 4) is 5.75 Å². The number of benzene rings is 1. The third-order valence-corrected chi connectivity index (χ3v) is 5.97. The summed E-state index contributed by atoms with van der Waals surface area (Å²) >= 11 is 6.24. The van der Waals surface area contributed by atoms with Crippen LogP contribution >= 0.6 is 11.6 Å². The Morgan fingerprint density at radius 3 is 2.77 bits per heavy atom. The number of carbonyl (C=O) groups is 1. The van der Waals surface area contributed by atoms with Crippen LogP contribution in [0.1, 0.15) is 28.2 Å². The van der Waals surface area contributed by atoms with Gasteiger partial charge in [-0.15, -0.1) is 0 Å². The molecule has 4 rings (SSSR count). The molecule has 184 valence electrons. The molecule has 11 nitrogen and oxygen atoms in total. The monoisotopic (exact) mass is 499 g/mol. The van der Waals surface area contributed by atoms with E-state index >= 15 is 0 Å². The quantitative estimate of drug-likeness (QED) is 0.340. The fourth-order valence-electron chi connectivity index (χ4n) is 3.80. The minimum atomic E-state index is -0.685. The average molecular weight is 500 g/mol. The van der Waals surface area contributed by atoms with Crippen molar-refractivity contribution in [2.45, 2.75) is 31.7 Å². The number of hydrogen-bond donors (Lipinski definition) is 4. The number of carbonyl (C=O) groups excluding carboxylic acids is 1. The van der Waals surface area contributed by atoms with Crippen molar-refractivity contribution in [2.24, 2.45) is 0 Å². The molecule has 3 heterocycles. The van der Waals surface area contributed by atoms with E-state index in [0.29, 0.717) is 47.9 Å². The standard InChI is InChI=1S/C23H26ClN7O4/c1-35-19-4-3-14(9-16(19)24)10-27-21-15(22(34)28-12-20-25-6-2-7-26-20)11-29-23(30-21)31-8-5-18(33)17(31)13-32/h2-4,6-7,9,11,17-18,32-33H,5,8,10,12-13H2,1H3,(H,28,34)(H,27,29,30)/t17-,18+/m1/s1. The number of nitrogens with one attached hydrogen (secondary N) is 2. The van der Waals surface area contributed by atoms with Gasteiger partial charge in [-0.1, -0.05) is 17.7 Å². The number of hydrogen-bond acceptors (Lipinski definition) is 10. The first-order valence-electron chi connectivity index (χ1n) is 11.0. The lowest BCUT2D eigenvalue weighted by Gasteiger charge is -2.25. The normalized spacial score (nSPS) is 17.3. The Kier molecular flexibility index (Phi) is 7.91. The summed E-state index contributed by atoms with van der Waals surface area (Å²) in [5.74, 6) is 1.23. The molecule has 0 saturated carbocycles. The number of halogens is 1. The maximum Gasteiger partial charge on any atom is 0.256 e. The molecule has 0 aliphatic carbocycles. The third kappa shape index (κ3) is 5.76. The third-order valence-electron chi connectivity index (χ3n) is 5.68. The summed E-state index contributed by atoms with van der Waals surface area (Å²) in [6.07, 6.45) is 4.42. The molecule has 1 aliphatic heterocycles. The van der Waals surface area contributed by atoms with Crippen LogP contribution in [0.25, 0.3) is 0 Å². The largest absolute Gasteiger partial charge is 0.495 e. The lowest BCUT2D eigenvalue weighted by molar-refractivity contribution is 0.0949. The summed E-state index contributed by atoms with van der Waals surface area (Å²) in [4.78, 5) is 31.8. The van der Waals surface area contributed by atoms with E-state index in [1.807, 2.05) is 6.07 Å². The van der Waals surface area contributed by atoms with Crippen LogP contribution in [-0.4, -0.2) is 68.5 Å². The van der Waals surface area contributed by atoms with Crippen molar-refractivity contribution in [1.82, 2.24) is 25.3 Å². The molecule has 0 bridgehead atoms. The van der Waals surface area contributed by atoms with E-state index in [1.165, 1.54) is 6.20 Å². The molecule has 1 saturated heterocycles. The maximum absolute atomic E-state index is 13.0. The van der Waals surface area contributed by atoms with Gasteiger partial charge in [0.25, 0.3) is 5.91 Å². The molecule has 1 fully saturated rings. The Morgan fingerprint density at radius 1 is 1.26 bits per heavy atom. The number of rotatable bonds is 9. The van der Waals surface area contributed by atoms with Gasteiger partial charge in [-0.3, -0.25) is 4.79 Å². The Bertz CT molecular complexity index is 1170. The molecule has 1 aliphatic rings. The Hall–Kier alpha value is -3.54. The predicted molar refractivity (Wildman–Crippen MR) is 129 cm³/mol. The Labute approximate surface area is 207 Å². The topological polar surface area (TPSA) is 146 Å². The zero-order valence-corrected chi connectivity index (χ0v) is 19.8. The number of ether oxygens (including phenoxy) is 1. The van der Waals surface area contributed by atoms with E-state index in [2.05, 4.69) is 30.6 Å². The SMILES string of the molecule is COc1ccc(CNc2nc(N3CC[C@H](O)[C@H]3CO)ncc2C(=O)NCc2ncccn2)cc1Cl. The summed E-state index contributed by atoms with van der Waals surface area (Å²) in [6, 6.07) is 6.56. The van der Waals surface area contributed by atoms with Gasteiger partial charge in [-0.2, -0.15) is 4.98 Å². The van der Waals surface area contributed by atoms with E-state index in [0.717, 1.165) is 5.56 Å². The minimum Gasteiger partial charge on any atom is -0.495 e. The van der Waals surface area contributed by atoms with E-state index in [9.17, 15) is 15.0 Å². The van der Waals surface area contributed by atoms with Crippen molar-refractivity contribution in [3.05, 3.63) is 64.8 Å². The van der Waals surface area contributed by atoms with E-state index in [1.54, 1.807) is 42.6 Å². The van der Waals surface area contributed by atoms with Crippen LogP contribution in [-0.2, 0) is 13.1 Å². The van der Waals surface area contributed by atoms with Gasteiger partial charge in [0.15, 0.2) is 0 Å². The number of methoxy groups -OCH3 is 1. The molecule has 1 aromatic carbocycles. The molecule has 1 amide bonds. The summed E-state index contributed by atoms with van der Waals surface area (Å²) in [5, 5.41) is 26.3. The first-order valence-corrected chi connectivity index (χ1v) is 11.4. The second kappa shape index (κ2) is 11.3. The van der Waals surface area contributed by atoms with Crippen LogP contribution in [0.3, 0.4) is 0 Å². The second-order valence-corrected chi connectivity index (χ2v) is 8.31. The van der Waals surface area contributed by atoms with Crippen LogP contribution < -0.4 is 20.3 Å². The number of aliphatic hydroxyl groups is 2. The highest BCUT2D eigenvalue weighted by Crippen LogP contribution is 2.27. The molecule has 3 aromatic rings. The minimum absolute atomic E-state index is 0.139. The second-order valence-electron chi connectivity index (χ2n) is 7.90. The van der Waals surface area contributed by atoms with E-state index < -0.39 is 18.1 Å². The molecular weight excluding hydrogens is 474 g/mol. The molecule has 0 radical (unpaired) electrons. The van der Waals surface area contributed by atoms with E-state index in [-0.39, 0.29) is 18.7 Å². The molecule has 2 aromatic heterocycles. The van der Waals surface area contributed by atoms with Crippen LogP contribution in [0.4, 0.5) is 11.8 Å². The van der Waals surface area contributed by atoms with Crippen molar-refractivity contribution < 1.29 is 19.7 Å². The van der Waals surface area contributed by atoms with Gasteiger partial charge in [0.2, 0.25) is 5.95 Å². The van der Waals surface area contributed by atoms with Gasteiger partial charge in [0.05, 0.1) is 37.4 Å². The summed E-state index contributed by atoms with van der Waals surface area (Å²) in [6.45, 7) is 0.710. The van der Waals surface area contributed by atoms with Crippen LogP contribution in [0, 0.1) is 0 Å². The smallest absolute Gasteiger partial charge is 0.256 e. The van der Waals surface area contributed by atoms with Crippen molar-refractivity contribution >= 4 is 29.3 Å². The molecule has 2 atom stereocenters. The van der Waals surface area contributed by atoms with Gasteiger partial charge in [-0.05, 0) is 30.2 Å². The number of aromatic nitrogens is 4. The summed E-state index contributed by atoms with van der Waals surface area (Å²) in [7, 11) is 1.54. The van der Waals surface area contributed by atoms with Crippen LogP contribution in [0.15, 0.2) is 42.9 Å². The fourth-order valence-corrected chi connectivity index (χ4v) is 4.08. The molecule has 4 N–H and O–H groups in total. The van der Waals surface area contributed by atoms with Crippen molar-refractivity contribution in [2.75, 3.05) is 30.5 Å². The molecule has 12 heteroatoms. The van der Waals surface area contributed by atoms with Gasteiger partial charge in [0.1, 0.15) is 23.0 Å². The fraction of sp³-hybridized carbons (Fsp3) is 0.348. The van der Waals surface area contributed by atoms with Gasteiger partial charge in [-0.25, -0.2) is 15.0 Å². The zero-order chi connectivity index (χ0) is 24.8. The highest BCUT2D eigenvalue weighted by Gasteiger charge is 2.34. The molecule has 0 spiro atoms. The Balaban J connectivity index is 1.58. The zero-order valence-electron chi connectivity index (χ0n) is 19.1. The van der Waals surface area contributed by atoms with Crippen molar-refractivity contribution in [1.29, 1.82) is 0 Å². The van der Waals surface area contributed by atoms with Gasteiger partial charge >= 0.3 is 0 Å². The van der Waals surface area contributed by atoms with Gasteiger partial charge < -0.3 is 30.5 Å². The number of amides is 1. The molecule has 0 unspecified atom stereocenters. The lowest BCUT2D eigenvalue weighted by Crippen LogP contribution is -2.39. The highest BCUT2D eigenvalue weighted by molar-refractivity contribution is 6.32. The van der Waals surface area contributed by atoms with Crippen molar-refractivity contribution in [3.63, 3.8) is 0 Å². The number of aliphatic hydroxyl groups excluding tert-OH is 2. The van der Waals surface area contributed by atoms with E-state index in [4.69, 9.17) is 16.3 Å². The van der Waals surface area contributed by atoms with Crippen LogP contribution in [0.5, 0.6) is 5.75 Å². The number of anilines is 2. The molecular formula is C23H26ClN7O4.